The molecule has 0 aliphatic heterocycles. The van der Waals surface area contributed by atoms with E-state index in [1.165, 1.54) is 0 Å². The summed E-state index contributed by atoms with van der Waals surface area (Å²) in [5, 5.41) is 19.7. The van der Waals surface area contributed by atoms with E-state index in [4.69, 9.17) is 0 Å². The first-order valence-electron chi connectivity index (χ1n) is 8.59. The lowest BCUT2D eigenvalue weighted by Gasteiger charge is -2.33. The van der Waals surface area contributed by atoms with Gasteiger partial charge in [0, 0.05) is 31.2 Å². The number of nitrogens with one attached hydrogen (secondary N) is 2. The summed E-state index contributed by atoms with van der Waals surface area (Å²) in [5.41, 5.74) is 0.739. The Morgan fingerprint density at radius 1 is 1.24 bits per heavy atom. The fourth-order valence-corrected chi connectivity index (χ4v) is 2.82. The van der Waals surface area contributed by atoms with Gasteiger partial charge in [-0.15, -0.1) is 0 Å². The van der Waals surface area contributed by atoms with Gasteiger partial charge in [0.15, 0.2) is 0 Å². The van der Waals surface area contributed by atoms with Crippen LogP contribution in [0, 0.1) is 5.41 Å². The summed E-state index contributed by atoms with van der Waals surface area (Å²) in [6.45, 7) is 8.47. The average Bonchev–Trinajstić information content (AvgIpc) is 3.04. The zero-order chi connectivity index (χ0) is 18.4. The number of aliphatic hydroxyl groups excluding tert-OH is 1. The van der Waals surface area contributed by atoms with Gasteiger partial charge < -0.3 is 10.4 Å². The fourth-order valence-electron chi connectivity index (χ4n) is 2.82. The van der Waals surface area contributed by atoms with Crippen LogP contribution in [-0.2, 0) is 0 Å². The molecule has 0 aliphatic carbocycles. The molecule has 25 heavy (non-hydrogen) atoms. The molecular formula is C19H28N4O2. The molecule has 6 heteroatoms. The lowest BCUT2D eigenvalue weighted by Crippen LogP contribution is -2.39. The summed E-state index contributed by atoms with van der Waals surface area (Å²) < 4.78 is 1.76. The van der Waals surface area contributed by atoms with Gasteiger partial charge in [0.25, 0.3) is 0 Å². The Morgan fingerprint density at radius 3 is 2.52 bits per heavy atom. The van der Waals surface area contributed by atoms with E-state index in [0.717, 1.165) is 5.56 Å². The van der Waals surface area contributed by atoms with Crippen LogP contribution in [0.25, 0.3) is 0 Å². The first-order valence-corrected chi connectivity index (χ1v) is 8.59. The lowest BCUT2D eigenvalue weighted by atomic mass is 9.75. The molecular weight excluding hydrogens is 316 g/mol. The third-order valence-electron chi connectivity index (χ3n) is 4.42. The first-order chi connectivity index (χ1) is 11.8. The molecule has 1 aromatic heterocycles. The molecule has 2 aromatic rings. The maximum Gasteiger partial charge on any atom is 0.320 e. The summed E-state index contributed by atoms with van der Waals surface area (Å²) in [7, 11) is 0. The molecule has 3 N–H and O–H groups in total. The number of hydrogen-bond donors (Lipinski definition) is 3. The lowest BCUT2D eigenvalue weighted by molar-refractivity contribution is 0.130. The molecule has 1 heterocycles. The van der Waals surface area contributed by atoms with Crippen molar-refractivity contribution in [3.63, 3.8) is 0 Å². The van der Waals surface area contributed by atoms with Crippen LogP contribution in [0.2, 0.25) is 0 Å². The van der Waals surface area contributed by atoms with Crippen LogP contribution in [0.5, 0.6) is 0 Å². The van der Waals surface area contributed by atoms with Gasteiger partial charge in [0.2, 0.25) is 0 Å². The molecule has 6 nitrogen and oxygen atoms in total. The van der Waals surface area contributed by atoms with Gasteiger partial charge in [0.1, 0.15) is 5.82 Å². The SMILES string of the molecule is CC(C)n1nccc1NC(=O)NCC(c1ccccc1)C(C)(C)CO. The highest BCUT2D eigenvalue weighted by Gasteiger charge is 2.30. The molecule has 0 saturated carbocycles. The minimum atomic E-state index is -0.353. The van der Waals surface area contributed by atoms with Crippen molar-refractivity contribution >= 4 is 11.8 Å². The van der Waals surface area contributed by atoms with E-state index < -0.39 is 0 Å². The topological polar surface area (TPSA) is 79.2 Å². The van der Waals surface area contributed by atoms with Crippen molar-refractivity contribution in [1.29, 1.82) is 0 Å². The van der Waals surface area contributed by atoms with E-state index in [9.17, 15) is 9.90 Å². The molecule has 2 rings (SSSR count). The van der Waals surface area contributed by atoms with Crippen LogP contribution in [0.1, 0.15) is 45.2 Å². The van der Waals surface area contributed by atoms with Gasteiger partial charge in [-0.05, 0) is 24.8 Å². The van der Waals surface area contributed by atoms with E-state index in [1.807, 2.05) is 58.0 Å². The molecule has 2 amide bonds. The summed E-state index contributed by atoms with van der Waals surface area (Å²) in [5.74, 6) is 0.657. The zero-order valence-electron chi connectivity index (χ0n) is 15.4. The molecule has 0 fully saturated rings. The summed E-state index contributed by atoms with van der Waals surface area (Å²) in [4.78, 5) is 12.3. The second-order valence-electron chi connectivity index (χ2n) is 7.20. The number of hydrogen-bond acceptors (Lipinski definition) is 3. The zero-order valence-corrected chi connectivity index (χ0v) is 15.4. The van der Waals surface area contributed by atoms with E-state index >= 15 is 0 Å². The molecule has 0 radical (unpaired) electrons. The van der Waals surface area contributed by atoms with Crippen LogP contribution in [0.4, 0.5) is 10.6 Å². The van der Waals surface area contributed by atoms with Gasteiger partial charge in [-0.2, -0.15) is 5.10 Å². The molecule has 136 valence electrons. The summed E-state index contributed by atoms with van der Waals surface area (Å²) >= 11 is 0. The second kappa shape index (κ2) is 8.16. The van der Waals surface area contributed by atoms with Crippen molar-refractivity contribution in [2.75, 3.05) is 18.5 Å². The normalized spacial score (nSPS) is 12.9. The minimum Gasteiger partial charge on any atom is -0.396 e. The van der Waals surface area contributed by atoms with Crippen molar-refractivity contribution in [2.24, 2.45) is 5.41 Å². The Balaban J connectivity index is 2.05. The van der Waals surface area contributed by atoms with Crippen molar-refractivity contribution in [3.8, 4) is 0 Å². The molecule has 1 atom stereocenters. The van der Waals surface area contributed by atoms with Crippen LogP contribution >= 0.6 is 0 Å². The maximum atomic E-state index is 12.3. The quantitative estimate of drug-likeness (QED) is 0.720. The number of benzene rings is 1. The standard InChI is InChI=1S/C19H28N4O2/c1-14(2)23-17(10-11-21-23)22-18(25)20-12-16(19(3,4)13-24)15-8-6-5-7-9-15/h5-11,14,16,24H,12-13H2,1-4H3,(H2,20,22,25). The van der Waals surface area contributed by atoms with Gasteiger partial charge in [0.05, 0.1) is 6.20 Å². The highest BCUT2D eigenvalue weighted by atomic mass is 16.3. The largest absolute Gasteiger partial charge is 0.396 e. The number of amides is 2. The Bertz CT molecular complexity index is 680. The summed E-state index contributed by atoms with van der Waals surface area (Å²) in [6, 6.07) is 11.6. The number of anilines is 1. The predicted molar refractivity (Wildman–Crippen MR) is 99.7 cm³/mol. The average molecular weight is 344 g/mol. The van der Waals surface area contributed by atoms with E-state index in [1.54, 1.807) is 16.9 Å². The second-order valence-corrected chi connectivity index (χ2v) is 7.20. The molecule has 1 unspecified atom stereocenters. The number of aromatic nitrogens is 2. The van der Waals surface area contributed by atoms with Gasteiger partial charge in [-0.25, -0.2) is 9.48 Å². The van der Waals surface area contributed by atoms with Crippen LogP contribution in [0.15, 0.2) is 42.6 Å². The van der Waals surface area contributed by atoms with Gasteiger partial charge >= 0.3 is 6.03 Å². The molecule has 0 saturated heterocycles. The molecule has 0 spiro atoms. The number of carbonyl (C=O) groups excluding carboxylic acids is 1. The van der Waals surface area contributed by atoms with Gasteiger partial charge in [-0.1, -0.05) is 44.2 Å². The minimum absolute atomic E-state index is 0.000500. The predicted octanol–water partition coefficient (Wildman–Crippen LogP) is 3.39. The Morgan fingerprint density at radius 2 is 1.92 bits per heavy atom. The van der Waals surface area contributed by atoms with E-state index in [-0.39, 0.29) is 30.0 Å². The highest BCUT2D eigenvalue weighted by Crippen LogP contribution is 2.34. The van der Waals surface area contributed by atoms with Crippen LogP contribution in [-0.4, -0.2) is 34.1 Å². The Kier molecular flexibility index (Phi) is 6.20. The Hall–Kier alpha value is -2.34. The third-order valence-corrected chi connectivity index (χ3v) is 4.42. The third kappa shape index (κ3) is 4.82. The monoisotopic (exact) mass is 344 g/mol. The van der Waals surface area contributed by atoms with Crippen molar-refractivity contribution in [2.45, 2.75) is 39.7 Å². The summed E-state index contributed by atoms with van der Waals surface area (Å²) in [6.07, 6.45) is 1.66. The Labute approximate surface area is 149 Å². The van der Waals surface area contributed by atoms with Crippen LogP contribution < -0.4 is 10.6 Å². The van der Waals surface area contributed by atoms with E-state index in [0.29, 0.717) is 12.4 Å². The number of carbonyl (C=O) groups is 1. The molecule has 1 aromatic carbocycles. The molecule has 0 bridgehead atoms. The van der Waals surface area contributed by atoms with Gasteiger partial charge in [-0.3, -0.25) is 5.32 Å². The highest BCUT2D eigenvalue weighted by molar-refractivity contribution is 5.88. The number of aliphatic hydroxyl groups is 1. The smallest absolute Gasteiger partial charge is 0.320 e. The van der Waals surface area contributed by atoms with Crippen molar-refractivity contribution < 1.29 is 9.90 Å². The fraction of sp³-hybridized carbons (Fsp3) is 0.474. The maximum absolute atomic E-state index is 12.3. The van der Waals surface area contributed by atoms with E-state index in [2.05, 4.69) is 15.7 Å². The first kappa shape index (κ1) is 19.0. The molecule has 0 aliphatic rings. The van der Waals surface area contributed by atoms with Crippen molar-refractivity contribution in [3.05, 3.63) is 48.2 Å². The van der Waals surface area contributed by atoms with Crippen LogP contribution in [0.3, 0.4) is 0 Å². The number of rotatable bonds is 7. The number of nitrogens with zero attached hydrogens (tertiary/aromatic N) is 2. The number of urea groups is 1. The van der Waals surface area contributed by atoms with Crippen molar-refractivity contribution in [1.82, 2.24) is 15.1 Å².